The number of benzene rings is 1. The Morgan fingerprint density at radius 1 is 1.36 bits per heavy atom. The van der Waals surface area contributed by atoms with Crippen molar-refractivity contribution in [3.05, 3.63) is 62.0 Å². The Morgan fingerprint density at radius 3 is 3.08 bits per heavy atom. The fourth-order valence-corrected chi connectivity index (χ4v) is 4.62. The molecule has 0 fully saturated rings. The van der Waals surface area contributed by atoms with E-state index in [1.165, 1.54) is 15.8 Å². The molecule has 1 amide bonds. The lowest BCUT2D eigenvalue weighted by molar-refractivity contribution is -0.121. The molecule has 0 spiro atoms. The van der Waals surface area contributed by atoms with Crippen LogP contribution in [0, 0.1) is 0 Å². The first-order valence-electron chi connectivity index (χ1n) is 8.12. The van der Waals surface area contributed by atoms with Crippen molar-refractivity contribution in [3.8, 4) is 0 Å². The summed E-state index contributed by atoms with van der Waals surface area (Å²) in [6.45, 7) is 0.338. The first kappa shape index (κ1) is 16.3. The Hall–Kier alpha value is -2.18. The number of rotatable bonds is 4. The summed E-state index contributed by atoms with van der Waals surface area (Å²) in [4.78, 5) is 31.4. The van der Waals surface area contributed by atoms with E-state index in [1.54, 1.807) is 23.5 Å². The highest BCUT2D eigenvalue weighted by Crippen LogP contribution is 2.34. The number of thiophene rings is 1. The van der Waals surface area contributed by atoms with Gasteiger partial charge >= 0.3 is 0 Å². The van der Waals surface area contributed by atoms with Gasteiger partial charge in [-0.1, -0.05) is 23.7 Å². The second-order valence-electron chi connectivity index (χ2n) is 6.12. The van der Waals surface area contributed by atoms with Crippen molar-refractivity contribution in [2.45, 2.75) is 32.4 Å². The van der Waals surface area contributed by atoms with Crippen LogP contribution in [0.5, 0.6) is 0 Å². The van der Waals surface area contributed by atoms with E-state index in [9.17, 15) is 9.59 Å². The number of carbonyl (C=O) groups is 1. The van der Waals surface area contributed by atoms with Crippen LogP contribution in [0.15, 0.2) is 35.4 Å². The Labute approximate surface area is 153 Å². The topological polar surface area (TPSA) is 64.0 Å². The van der Waals surface area contributed by atoms with Gasteiger partial charge in [0, 0.05) is 16.4 Å². The predicted octanol–water partition coefficient (Wildman–Crippen LogP) is 2.92. The third-order valence-corrected chi connectivity index (χ3v) is 5.82. The Bertz CT molecular complexity index is 1020. The van der Waals surface area contributed by atoms with Gasteiger partial charge in [-0.3, -0.25) is 14.2 Å². The molecule has 1 aliphatic carbocycles. The van der Waals surface area contributed by atoms with Crippen LogP contribution < -0.4 is 10.9 Å². The number of nitrogens with one attached hydrogen (secondary N) is 1. The number of amides is 1. The van der Waals surface area contributed by atoms with Gasteiger partial charge in [-0.25, -0.2) is 4.98 Å². The molecule has 0 aliphatic heterocycles. The number of hydrogen-bond acceptors (Lipinski definition) is 4. The highest BCUT2D eigenvalue weighted by Gasteiger charge is 2.21. The fraction of sp³-hybridized carbons (Fsp3) is 0.278. The van der Waals surface area contributed by atoms with Crippen molar-refractivity contribution >= 4 is 39.1 Å². The molecular weight excluding hydrogens is 358 g/mol. The fourth-order valence-electron chi connectivity index (χ4n) is 3.19. The van der Waals surface area contributed by atoms with E-state index < -0.39 is 0 Å². The van der Waals surface area contributed by atoms with Gasteiger partial charge in [0.2, 0.25) is 5.91 Å². The van der Waals surface area contributed by atoms with E-state index in [2.05, 4.69) is 10.3 Å². The SMILES string of the molecule is O=C(Cn1cnc2sc3c(c2c1=O)CCC3)NCc1cccc(Cl)c1. The Kier molecular flexibility index (Phi) is 4.31. The molecule has 0 bridgehead atoms. The van der Waals surface area contributed by atoms with E-state index in [0.717, 1.165) is 35.2 Å². The molecule has 1 aromatic carbocycles. The predicted molar refractivity (Wildman–Crippen MR) is 99.2 cm³/mol. The molecule has 1 N–H and O–H groups in total. The maximum Gasteiger partial charge on any atom is 0.262 e. The van der Waals surface area contributed by atoms with Crippen molar-refractivity contribution in [2.75, 3.05) is 0 Å². The summed E-state index contributed by atoms with van der Waals surface area (Å²) in [5, 5.41) is 4.14. The zero-order valence-electron chi connectivity index (χ0n) is 13.4. The lowest BCUT2D eigenvalue weighted by Gasteiger charge is -2.08. The number of aromatic nitrogens is 2. The molecule has 2 heterocycles. The van der Waals surface area contributed by atoms with Gasteiger partial charge in [0.05, 0.1) is 11.7 Å². The number of halogens is 1. The van der Waals surface area contributed by atoms with Crippen LogP contribution in [0.3, 0.4) is 0 Å². The van der Waals surface area contributed by atoms with Crippen LogP contribution in [0.4, 0.5) is 0 Å². The molecule has 0 saturated carbocycles. The van der Waals surface area contributed by atoms with E-state index in [1.807, 2.05) is 12.1 Å². The maximum atomic E-state index is 12.7. The molecule has 2 aromatic heterocycles. The van der Waals surface area contributed by atoms with Gasteiger partial charge in [0.25, 0.3) is 5.56 Å². The largest absolute Gasteiger partial charge is 0.350 e. The first-order chi connectivity index (χ1) is 12.1. The van der Waals surface area contributed by atoms with Crippen LogP contribution in [0.25, 0.3) is 10.2 Å². The molecule has 0 saturated heterocycles. The van der Waals surface area contributed by atoms with Gasteiger partial charge in [-0.2, -0.15) is 0 Å². The van der Waals surface area contributed by atoms with Gasteiger partial charge in [-0.05, 0) is 42.5 Å². The number of hydrogen-bond donors (Lipinski definition) is 1. The smallest absolute Gasteiger partial charge is 0.262 e. The van der Waals surface area contributed by atoms with Gasteiger partial charge in [0.1, 0.15) is 11.4 Å². The number of fused-ring (bicyclic) bond motifs is 3. The molecule has 4 rings (SSSR count). The molecule has 1 aliphatic rings. The highest BCUT2D eigenvalue weighted by atomic mass is 35.5. The summed E-state index contributed by atoms with van der Waals surface area (Å²) in [6.07, 6.45) is 4.51. The van der Waals surface area contributed by atoms with Crippen molar-refractivity contribution in [2.24, 2.45) is 0 Å². The molecule has 7 heteroatoms. The Morgan fingerprint density at radius 2 is 2.24 bits per heavy atom. The highest BCUT2D eigenvalue weighted by molar-refractivity contribution is 7.18. The second kappa shape index (κ2) is 6.61. The summed E-state index contributed by atoms with van der Waals surface area (Å²) in [7, 11) is 0. The van der Waals surface area contributed by atoms with Crippen LogP contribution in [-0.4, -0.2) is 15.5 Å². The van der Waals surface area contributed by atoms with Crippen LogP contribution >= 0.6 is 22.9 Å². The maximum absolute atomic E-state index is 12.7. The Balaban J connectivity index is 1.51. The molecule has 0 atom stereocenters. The average molecular weight is 374 g/mol. The zero-order chi connectivity index (χ0) is 17.4. The summed E-state index contributed by atoms with van der Waals surface area (Å²) in [5.41, 5.74) is 1.92. The summed E-state index contributed by atoms with van der Waals surface area (Å²) < 4.78 is 1.39. The molecule has 0 unspecified atom stereocenters. The van der Waals surface area contributed by atoms with Crippen LogP contribution in [0.1, 0.15) is 22.4 Å². The molecule has 0 radical (unpaired) electrons. The van der Waals surface area contributed by atoms with E-state index in [-0.39, 0.29) is 18.0 Å². The van der Waals surface area contributed by atoms with Crippen molar-refractivity contribution in [3.63, 3.8) is 0 Å². The summed E-state index contributed by atoms with van der Waals surface area (Å²) in [6, 6.07) is 7.31. The van der Waals surface area contributed by atoms with Gasteiger partial charge in [0.15, 0.2) is 0 Å². The third-order valence-electron chi connectivity index (χ3n) is 4.38. The first-order valence-corrected chi connectivity index (χ1v) is 9.32. The summed E-state index contributed by atoms with van der Waals surface area (Å²) >= 11 is 7.54. The third kappa shape index (κ3) is 3.19. The van der Waals surface area contributed by atoms with E-state index in [0.29, 0.717) is 17.0 Å². The minimum absolute atomic E-state index is 0.0348. The van der Waals surface area contributed by atoms with Gasteiger partial charge in [-0.15, -0.1) is 11.3 Å². The molecule has 128 valence electrons. The standard InChI is InChI=1S/C18H16ClN3O2S/c19-12-4-1-3-11(7-12)8-20-15(23)9-22-10-21-17-16(18(22)24)13-5-2-6-14(13)25-17/h1,3-4,7,10H,2,5-6,8-9H2,(H,20,23). The zero-order valence-corrected chi connectivity index (χ0v) is 15.0. The normalized spacial score (nSPS) is 13.2. The minimum atomic E-state index is -0.227. The number of carbonyl (C=O) groups excluding carboxylic acids is 1. The number of aryl methyl sites for hydroxylation is 2. The van der Waals surface area contributed by atoms with Crippen LogP contribution in [0.2, 0.25) is 5.02 Å². The summed E-state index contributed by atoms with van der Waals surface area (Å²) in [5.74, 6) is -0.227. The monoisotopic (exact) mass is 373 g/mol. The van der Waals surface area contributed by atoms with E-state index >= 15 is 0 Å². The lowest BCUT2D eigenvalue weighted by atomic mass is 10.2. The van der Waals surface area contributed by atoms with Crippen LogP contribution in [-0.2, 0) is 30.7 Å². The van der Waals surface area contributed by atoms with Crippen molar-refractivity contribution < 1.29 is 4.79 Å². The minimum Gasteiger partial charge on any atom is -0.350 e. The lowest BCUT2D eigenvalue weighted by Crippen LogP contribution is -2.32. The molecule has 25 heavy (non-hydrogen) atoms. The molecule has 3 aromatic rings. The van der Waals surface area contributed by atoms with Gasteiger partial charge < -0.3 is 5.32 Å². The van der Waals surface area contributed by atoms with Crippen molar-refractivity contribution in [1.82, 2.24) is 14.9 Å². The quantitative estimate of drug-likeness (QED) is 0.764. The number of nitrogens with zero attached hydrogens (tertiary/aromatic N) is 2. The van der Waals surface area contributed by atoms with Crippen molar-refractivity contribution in [1.29, 1.82) is 0 Å². The van der Waals surface area contributed by atoms with E-state index in [4.69, 9.17) is 11.6 Å². The second-order valence-corrected chi connectivity index (χ2v) is 7.64. The molecular formula is C18H16ClN3O2S. The average Bonchev–Trinajstić information content (AvgIpc) is 3.16. The molecule has 5 nitrogen and oxygen atoms in total.